The van der Waals surface area contributed by atoms with Crippen molar-refractivity contribution in [1.82, 2.24) is 0 Å². The molecule has 0 spiro atoms. The van der Waals surface area contributed by atoms with E-state index in [-0.39, 0.29) is 0 Å². The van der Waals surface area contributed by atoms with E-state index in [9.17, 15) is 8.78 Å². The molecule has 0 saturated heterocycles. The summed E-state index contributed by atoms with van der Waals surface area (Å²) >= 11 is 1.30. The minimum atomic E-state index is -0.567. The molecule has 2 N–H and O–H groups in total. The first-order chi connectivity index (χ1) is 9.69. The fourth-order valence-electron chi connectivity index (χ4n) is 1.63. The van der Waals surface area contributed by atoms with Crippen LogP contribution in [0.3, 0.4) is 0 Å². The van der Waals surface area contributed by atoms with Gasteiger partial charge >= 0.3 is 0 Å². The molecule has 0 aliphatic carbocycles. The predicted octanol–water partition coefficient (Wildman–Crippen LogP) is 3.59. The Hall–Kier alpha value is -1.59. The fraction of sp³-hybridized carbons (Fsp3) is 0.200. The molecule has 2 nitrogen and oxygen atoms in total. The van der Waals surface area contributed by atoms with Crippen LogP contribution >= 0.6 is 11.8 Å². The third-order valence-electron chi connectivity index (χ3n) is 2.66. The van der Waals surface area contributed by atoms with Crippen molar-refractivity contribution >= 4 is 11.8 Å². The Balaban J connectivity index is 1.78. The normalized spacial score (nSPS) is 10.6. The van der Waals surface area contributed by atoms with Gasteiger partial charge in [-0.1, -0.05) is 12.1 Å². The van der Waals surface area contributed by atoms with Crippen LogP contribution in [0, 0.1) is 11.6 Å². The minimum absolute atomic E-state index is 0.425. The van der Waals surface area contributed by atoms with Crippen molar-refractivity contribution in [3.05, 3.63) is 59.7 Å². The molecule has 0 amide bonds. The maximum Gasteiger partial charge on any atom is 0.139 e. The van der Waals surface area contributed by atoms with Crippen LogP contribution in [0.4, 0.5) is 8.78 Å². The molecule has 2 aromatic rings. The smallest absolute Gasteiger partial charge is 0.139 e. The third-order valence-corrected chi connectivity index (χ3v) is 3.68. The van der Waals surface area contributed by atoms with Crippen molar-refractivity contribution in [2.45, 2.75) is 11.4 Å². The molecule has 20 heavy (non-hydrogen) atoms. The van der Waals surface area contributed by atoms with Gasteiger partial charge in [-0.2, -0.15) is 0 Å². The van der Waals surface area contributed by atoms with Gasteiger partial charge < -0.3 is 10.5 Å². The van der Waals surface area contributed by atoms with Crippen LogP contribution in [-0.2, 0) is 6.54 Å². The van der Waals surface area contributed by atoms with E-state index in [1.54, 1.807) is 0 Å². The maximum absolute atomic E-state index is 13.4. The first kappa shape index (κ1) is 14.8. The fourth-order valence-corrected chi connectivity index (χ4v) is 2.37. The molecule has 0 aliphatic rings. The molecular weight excluding hydrogens is 280 g/mol. The van der Waals surface area contributed by atoms with E-state index < -0.39 is 11.6 Å². The molecule has 0 heterocycles. The summed E-state index contributed by atoms with van der Waals surface area (Å²) in [6.07, 6.45) is 0. The van der Waals surface area contributed by atoms with E-state index in [1.165, 1.54) is 23.9 Å². The average Bonchev–Trinajstić information content (AvgIpc) is 2.46. The molecule has 0 fully saturated rings. The monoisotopic (exact) mass is 295 g/mol. The summed E-state index contributed by atoms with van der Waals surface area (Å²) in [7, 11) is 0. The Labute approximate surface area is 120 Å². The molecule has 0 saturated carbocycles. The lowest BCUT2D eigenvalue weighted by atomic mass is 10.2. The highest BCUT2D eigenvalue weighted by atomic mass is 32.2. The number of hydrogen-bond donors (Lipinski definition) is 1. The highest BCUT2D eigenvalue weighted by Crippen LogP contribution is 2.22. The quantitative estimate of drug-likeness (QED) is 0.653. The molecule has 2 aromatic carbocycles. The summed E-state index contributed by atoms with van der Waals surface area (Å²) in [5.41, 5.74) is 6.55. The van der Waals surface area contributed by atoms with Crippen molar-refractivity contribution in [3.63, 3.8) is 0 Å². The van der Waals surface area contributed by atoms with E-state index in [1.807, 2.05) is 24.3 Å². The number of thioether (sulfide) groups is 1. The van der Waals surface area contributed by atoms with Crippen LogP contribution in [-0.4, -0.2) is 12.4 Å². The molecule has 0 aliphatic heterocycles. The number of halogens is 2. The zero-order chi connectivity index (χ0) is 14.4. The number of hydrogen-bond acceptors (Lipinski definition) is 3. The largest absolute Gasteiger partial charge is 0.493 e. The molecule has 0 unspecified atom stereocenters. The Kier molecular flexibility index (Phi) is 5.38. The summed E-state index contributed by atoms with van der Waals surface area (Å²) in [6.45, 7) is 0.948. The van der Waals surface area contributed by atoms with Crippen LogP contribution in [0.15, 0.2) is 47.4 Å². The summed E-state index contributed by atoms with van der Waals surface area (Å²) < 4.78 is 31.6. The Morgan fingerprint density at radius 2 is 1.80 bits per heavy atom. The van der Waals surface area contributed by atoms with Gasteiger partial charge in [-0.15, -0.1) is 11.8 Å². The van der Waals surface area contributed by atoms with Crippen molar-refractivity contribution in [2.75, 3.05) is 12.4 Å². The predicted molar refractivity (Wildman–Crippen MR) is 76.9 cm³/mol. The number of ether oxygens (including phenoxy) is 1. The summed E-state index contributed by atoms with van der Waals surface area (Å²) in [6, 6.07) is 11.1. The van der Waals surface area contributed by atoms with Crippen molar-refractivity contribution in [2.24, 2.45) is 5.73 Å². The van der Waals surface area contributed by atoms with Gasteiger partial charge in [-0.05, 0) is 29.8 Å². The Bertz CT molecular complexity index is 560. The zero-order valence-corrected chi connectivity index (χ0v) is 11.6. The molecule has 0 atom stereocenters. The second-order valence-corrected chi connectivity index (χ2v) is 5.26. The van der Waals surface area contributed by atoms with Crippen molar-refractivity contribution in [3.8, 4) is 5.75 Å². The number of nitrogens with two attached hydrogens (primary N) is 1. The Morgan fingerprint density at radius 3 is 2.45 bits per heavy atom. The van der Waals surface area contributed by atoms with Gasteiger partial charge in [0.05, 0.1) is 6.61 Å². The second-order valence-electron chi connectivity index (χ2n) is 4.12. The van der Waals surface area contributed by atoms with E-state index in [2.05, 4.69) is 0 Å². The van der Waals surface area contributed by atoms with Gasteiger partial charge in [0.1, 0.15) is 17.4 Å². The summed E-state index contributed by atoms with van der Waals surface area (Å²) in [5, 5.41) is 0. The van der Waals surface area contributed by atoms with Gasteiger partial charge in [0.2, 0.25) is 0 Å². The van der Waals surface area contributed by atoms with E-state index in [0.717, 1.165) is 17.4 Å². The van der Waals surface area contributed by atoms with E-state index in [4.69, 9.17) is 10.5 Å². The molecule has 0 bridgehead atoms. The Morgan fingerprint density at radius 1 is 1.05 bits per heavy atom. The van der Waals surface area contributed by atoms with Crippen LogP contribution in [0.5, 0.6) is 5.75 Å². The van der Waals surface area contributed by atoms with E-state index >= 15 is 0 Å². The lowest BCUT2D eigenvalue weighted by Crippen LogP contribution is -2.01. The van der Waals surface area contributed by atoms with Gasteiger partial charge in [0.15, 0.2) is 0 Å². The second kappa shape index (κ2) is 7.26. The molecule has 0 radical (unpaired) electrons. The SMILES string of the molecule is NCc1ccc(OCCSc2ccc(F)cc2F)cc1. The molecular formula is C15H15F2NOS. The minimum Gasteiger partial charge on any atom is -0.493 e. The van der Waals surface area contributed by atoms with Crippen molar-refractivity contribution in [1.29, 1.82) is 0 Å². The maximum atomic E-state index is 13.4. The lowest BCUT2D eigenvalue weighted by Gasteiger charge is -2.07. The van der Waals surface area contributed by atoms with Gasteiger partial charge in [0.25, 0.3) is 0 Å². The molecule has 2 rings (SSSR count). The van der Waals surface area contributed by atoms with Gasteiger partial charge in [-0.25, -0.2) is 8.78 Å². The topological polar surface area (TPSA) is 35.2 Å². The summed E-state index contributed by atoms with van der Waals surface area (Å²) in [5.74, 6) is 0.231. The third kappa shape index (κ3) is 4.21. The van der Waals surface area contributed by atoms with Crippen LogP contribution in [0.25, 0.3) is 0 Å². The van der Waals surface area contributed by atoms with Crippen molar-refractivity contribution < 1.29 is 13.5 Å². The zero-order valence-electron chi connectivity index (χ0n) is 10.8. The molecule has 0 aromatic heterocycles. The first-order valence-electron chi connectivity index (χ1n) is 6.18. The standard InChI is InChI=1S/C15H15F2NOS/c16-12-3-6-15(14(17)9-12)20-8-7-19-13-4-1-11(10-18)2-5-13/h1-6,9H,7-8,10,18H2. The van der Waals surface area contributed by atoms with Crippen LogP contribution in [0.2, 0.25) is 0 Å². The lowest BCUT2D eigenvalue weighted by molar-refractivity contribution is 0.344. The molecule has 5 heteroatoms. The summed E-state index contributed by atoms with van der Waals surface area (Å²) in [4.78, 5) is 0.425. The van der Waals surface area contributed by atoms with Gasteiger partial charge in [-0.3, -0.25) is 0 Å². The average molecular weight is 295 g/mol. The highest BCUT2D eigenvalue weighted by molar-refractivity contribution is 7.99. The van der Waals surface area contributed by atoms with Crippen LogP contribution in [0.1, 0.15) is 5.56 Å². The number of benzene rings is 2. The van der Waals surface area contributed by atoms with Crippen LogP contribution < -0.4 is 10.5 Å². The highest BCUT2D eigenvalue weighted by Gasteiger charge is 2.04. The molecule has 106 valence electrons. The number of rotatable bonds is 6. The van der Waals surface area contributed by atoms with E-state index in [0.29, 0.717) is 23.8 Å². The first-order valence-corrected chi connectivity index (χ1v) is 7.17. The van der Waals surface area contributed by atoms with Gasteiger partial charge in [0, 0.05) is 23.3 Å².